The Morgan fingerprint density at radius 3 is 2.64 bits per heavy atom. The molecule has 0 saturated heterocycles. The Bertz CT molecular complexity index is 856. The van der Waals surface area contributed by atoms with Crippen LogP contribution in [0.2, 0.25) is 0 Å². The smallest absolute Gasteiger partial charge is 0.206 e. The zero-order chi connectivity index (χ0) is 15.7. The van der Waals surface area contributed by atoms with Crippen molar-refractivity contribution in [2.75, 3.05) is 6.61 Å². The Morgan fingerprint density at radius 2 is 1.91 bits per heavy atom. The number of fused-ring (bicyclic) bond motifs is 1. The maximum atomic E-state index is 12.4. The van der Waals surface area contributed by atoms with Crippen molar-refractivity contribution >= 4 is 15.9 Å². The minimum absolute atomic E-state index is 0.0265. The number of benzene rings is 2. The summed E-state index contributed by atoms with van der Waals surface area (Å²) in [5.74, 6) is 0.221. The van der Waals surface area contributed by atoms with Crippen LogP contribution in [0.1, 0.15) is 11.1 Å². The number of aromatic hydroxyl groups is 1. The molecule has 2 aromatic rings. The van der Waals surface area contributed by atoms with Gasteiger partial charge in [0, 0.05) is 6.54 Å². The molecule has 3 N–H and O–H groups in total. The maximum Gasteiger partial charge on any atom is 0.206 e. The zero-order valence-corrected chi connectivity index (χ0v) is 12.5. The summed E-state index contributed by atoms with van der Waals surface area (Å²) >= 11 is 0. The molecule has 1 heterocycles. The Hall–Kier alpha value is -2.31. The van der Waals surface area contributed by atoms with Crippen LogP contribution < -0.4 is 10.5 Å². The van der Waals surface area contributed by atoms with Crippen molar-refractivity contribution in [1.29, 1.82) is 0 Å². The molecule has 5 nitrogen and oxygen atoms in total. The van der Waals surface area contributed by atoms with E-state index in [0.717, 1.165) is 5.56 Å². The molecule has 0 amide bonds. The first-order valence-electron chi connectivity index (χ1n) is 6.72. The molecule has 0 aliphatic carbocycles. The number of sulfone groups is 1. The van der Waals surface area contributed by atoms with Gasteiger partial charge in [0.2, 0.25) is 9.84 Å². The number of phenols is 1. The SMILES string of the molecule is NCc1ccc2c(c1)C=C(COc1ccccc1O)S2(=O)=O. The van der Waals surface area contributed by atoms with Gasteiger partial charge in [0.1, 0.15) is 6.61 Å². The van der Waals surface area contributed by atoms with Crippen LogP contribution in [-0.2, 0) is 16.4 Å². The van der Waals surface area contributed by atoms with Crippen molar-refractivity contribution in [3.8, 4) is 11.5 Å². The second kappa shape index (κ2) is 5.47. The third kappa shape index (κ3) is 2.47. The fourth-order valence-electron chi connectivity index (χ4n) is 2.32. The molecule has 2 aromatic carbocycles. The number of phenolic OH excluding ortho intramolecular Hbond substituents is 1. The highest BCUT2D eigenvalue weighted by molar-refractivity contribution is 7.95. The number of para-hydroxylation sites is 2. The number of ether oxygens (including phenoxy) is 1. The average Bonchev–Trinajstić information content (AvgIpc) is 2.76. The summed E-state index contributed by atoms with van der Waals surface area (Å²) in [5, 5.41) is 9.65. The molecule has 1 aliphatic heterocycles. The van der Waals surface area contributed by atoms with Gasteiger partial charge >= 0.3 is 0 Å². The first-order chi connectivity index (χ1) is 10.5. The molecule has 114 valence electrons. The van der Waals surface area contributed by atoms with E-state index in [1.807, 2.05) is 0 Å². The molecule has 0 radical (unpaired) electrons. The first-order valence-corrected chi connectivity index (χ1v) is 8.20. The van der Waals surface area contributed by atoms with Crippen LogP contribution in [0.4, 0.5) is 0 Å². The molecule has 0 atom stereocenters. The quantitative estimate of drug-likeness (QED) is 0.901. The second-order valence-electron chi connectivity index (χ2n) is 4.95. The summed E-state index contributed by atoms with van der Waals surface area (Å²) in [6, 6.07) is 11.5. The summed E-state index contributed by atoms with van der Waals surface area (Å²) < 4.78 is 30.3. The van der Waals surface area contributed by atoms with Gasteiger partial charge in [-0.1, -0.05) is 18.2 Å². The van der Waals surface area contributed by atoms with Crippen molar-refractivity contribution in [1.82, 2.24) is 0 Å². The third-order valence-corrected chi connectivity index (χ3v) is 5.37. The van der Waals surface area contributed by atoms with E-state index in [2.05, 4.69) is 0 Å². The van der Waals surface area contributed by atoms with E-state index in [4.69, 9.17) is 10.5 Å². The van der Waals surface area contributed by atoms with Gasteiger partial charge in [-0.15, -0.1) is 0 Å². The van der Waals surface area contributed by atoms with E-state index in [0.29, 0.717) is 12.1 Å². The van der Waals surface area contributed by atoms with E-state index < -0.39 is 9.84 Å². The number of hydrogen-bond donors (Lipinski definition) is 2. The third-order valence-electron chi connectivity index (χ3n) is 3.50. The van der Waals surface area contributed by atoms with E-state index in [1.54, 1.807) is 42.5 Å². The molecular formula is C16H15NO4S. The lowest BCUT2D eigenvalue weighted by Crippen LogP contribution is -2.09. The Labute approximate surface area is 128 Å². The van der Waals surface area contributed by atoms with Crippen LogP contribution in [-0.4, -0.2) is 20.1 Å². The van der Waals surface area contributed by atoms with Crippen LogP contribution in [0.3, 0.4) is 0 Å². The number of nitrogens with two attached hydrogens (primary N) is 1. The van der Waals surface area contributed by atoms with Gasteiger partial charge in [-0.05, 0) is 41.5 Å². The van der Waals surface area contributed by atoms with Gasteiger partial charge < -0.3 is 15.6 Å². The molecule has 6 heteroatoms. The predicted octanol–water partition coefficient (Wildman–Crippen LogP) is 2.06. The van der Waals surface area contributed by atoms with Crippen molar-refractivity contribution in [2.24, 2.45) is 5.73 Å². The largest absolute Gasteiger partial charge is 0.504 e. The molecule has 0 fully saturated rings. The summed E-state index contributed by atoms with van der Waals surface area (Å²) in [6.45, 7) is 0.220. The molecule has 0 spiro atoms. The van der Waals surface area contributed by atoms with Crippen molar-refractivity contribution < 1.29 is 18.3 Å². The molecular weight excluding hydrogens is 302 g/mol. The van der Waals surface area contributed by atoms with Crippen molar-refractivity contribution in [3.63, 3.8) is 0 Å². The van der Waals surface area contributed by atoms with Gasteiger partial charge in [-0.3, -0.25) is 0 Å². The minimum Gasteiger partial charge on any atom is -0.504 e. The highest BCUT2D eigenvalue weighted by atomic mass is 32.2. The van der Waals surface area contributed by atoms with E-state index in [-0.39, 0.29) is 27.9 Å². The van der Waals surface area contributed by atoms with Crippen LogP contribution >= 0.6 is 0 Å². The highest BCUT2D eigenvalue weighted by Gasteiger charge is 2.30. The van der Waals surface area contributed by atoms with E-state index >= 15 is 0 Å². The lowest BCUT2D eigenvalue weighted by atomic mass is 10.1. The molecule has 1 aliphatic rings. The molecule has 0 saturated carbocycles. The molecule has 0 unspecified atom stereocenters. The number of rotatable bonds is 4. The monoisotopic (exact) mass is 317 g/mol. The average molecular weight is 317 g/mol. The van der Waals surface area contributed by atoms with Gasteiger partial charge in [0.15, 0.2) is 11.5 Å². The lowest BCUT2D eigenvalue weighted by molar-refractivity contribution is 0.333. The van der Waals surface area contributed by atoms with Crippen molar-refractivity contribution in [3.05, 3.63) is 58.5 Å². The Morgan fingerprint density at radius 1 is 1.14 bits per heavy atom. The van der Waals surface area contributed by atoms with Gasteiger partial charge in [0.25, 0.3) is 0 Å². The predicted molar refractivity (Wildman–Crippen MR) is 83.1 cm³/mol. The lowest BCUT2D eigenvalue weighted by Gasteiger charge is -2.08. The van der Waals surface area contributed by atoms with Gasteiger partial charge in [0.05, 0.1) is 9.80 Å². The van der Waals surface area contributed by atoms with Crippen LogP contribution in [0.25, 0.3) is 6.08 Å². The van der Waals surface area contributed by atoms with E-state index in [9.17, 15) is 13.5 Å². The summed E-state index contributed by atoms with van der Waals surface area (Å²) in [7, 11) is -3.54. The summed E-state index contributed by atoms with van der Waals surface area (Å²) in [4.78, 5) is 0.431. The topological polar surface area (TPSA) is 89.6 Å². The highest BCUT2D eigenvalue weighted by Crippen LogP contribution is 2.34. The van der Waals surface area contributed by atoms with Gasteiger partial charge in [-0.2, -0.15) is 0 Å². The molecule has 3 rings (SSSR count). The standard InChI is InChI=1S/C16H15NO4S/c17-9-11-5-6-16-12(7-11)8-13(22(16,19)20)10-21-15-4-2-1-3-14(15)18/h1-8,18H,9-10,17H2. The summed E-state index contributed by atoms with van der Waals surface area (Å²) in [5.41, 5.74) is 7.07. The zero-order valence-electron chi connectivity index (χ0n) is 11.7. The van der Waals surface area contributed by atoms with Gasteiger partial charge in [-0.25, -0.2) is 8.42 Å². The fourth-order valence-corrected chi connectivity index (χ4v) is 3.78. The maximum absolute atomic E-state index is 12.4. The molecule has 0 bridgehead atoms. The minimum atomic E-state index is -3.54. The van der Waals surface area contributed by atoms with Crippen LogP contribution in [0.15, 0.2) is 52.3 Å². The number of hydrogen-bond acceptors (Lipinski definition) is 5. The fraction of sp³-hybridized carbons (Fsp3) is 0.125. The molecule has 22 heavy (non-hydrogen) atoms. The van der Waals surface area contributed by atoms with Crippen molar-refractivity contribution in [2.45, 2.75) is 11.4 Å². The summed E-state index contributed by atoms with van der Waals surface area (Å²) in [6.07, 6.45) is 1.59. The van der Waals surface area contributed by atoms with E-state index in [1.165, 1.54) is 6.07 Å². The first kappa shape index (κ1) is 14.6. The molecule has 0 aromatic heterocycles. The second-order valence-corrected chi connectivity index (χ2v) is 6.92. The Balaban J connectivity index is 1.88. The van der Waals surface area contributed by atoms with Crippen LogP contribution in [0, 0.1) is 0 Å². The normalized spacial score (nSPS) is 15.2. The Kier molecular flexibility index (Phi) is 3.64. The van der Waals surface area contributed by atoms with Crippen LogP contribution in [0.5, 0.6) is 11.5 Å².